The molecule has 1 aliphatic carbocycles. The van der Waals surface area contributed by atoms with E-state index in [0.29, 0.717) is 0 Å². The van der Waals surface area contributed by atoms with Crippen molar-refractivity contribution in [3.05, 3.63) is 71.3 Å². The second kappa shape index (κ2) is 8.53. The summed E-state index contributed by atoms with van der Waals surface area (Å²) in [5, 5.41) is 6.13. The van der Waals surface area contributed by atoms with Gasteiger partial charge >= 0.3 is 6.03 Å². The summed E-state index contributed by atoms with van der Waals surface area (Å²) in [6, 6.07) is 19.0. The van der Waals surface area contributed by atoms with Crippen molar-refractivity contribution in [1.29, 1.82) is 0 Å². The molecule has 0 bridgehead atoms. The molecule has 2 amide bonds. The van der Waals surface area contributed by atoms with Gasteiger partial charge in [0.05, 0.1) is 6.04 Å². The summed E-state index contributed by atoms with van der Waals surface area (Å²) in [5.41, 5.74) is 4.01. The van der Waals surface area contributed by atoms with E-state index in [1.807, 2.05) is 6.07 Å². The fraction of sp³-hybridized carbons (Fsp3) is 0.381. The fourth-order valence-electron chi connectivity index (χ4n) is 3.41. The van der Waals surface area contributed by atoms with Crippen molar-refractivity contribution in [3.8, 4) is 0 Å². The lowest BCUT2D eigenvalue weighted by atomic mass is 9.88. The summed E-state index contributed by atoms with van der Waals surface area (Å²) in [7, 11) is 0. The molecule has 1 aliphatic rings. The largest absolute Gasteiger partial charge is 0.338 e. The van der Waals surface area contributed by atoms with E-state index in [0.717, 1.165) is 45.1 Å². The molecule has 0 saturated heterocycles. The van der Waals surface area contributed by atoms with Crippen molar-refractivity contribution in [2.45, 2.75) is 44.6 Å². The van der Waals surface area contributed by atoms with E-state index in [2.05, 4.69) is 59.2 Å². The number of aryl methyl sites for hydroxylation is 2. The predicted octanol–water partition coefficient (Wildman–Crippen LogP) is 4.39. The van der Waals surface area contributed by atoms with E-state index >= 15 is 0 Å². The molecule has 0 radical (unpaired) electrons. The van der Waals surface area contributed by atoms with E-state index in [1.54, 1.807) is 0 Å². The Morgan fingerprint density at radius 1 is 1.00 bits per heavy atom. The Labute approximate surface area is 144 Å². The Hall–Kier alpha value is -2.29. The van der Waals surface area contributed by atoms with Crippen LogP contribution in [-0.4, -0.2) is 12.6 Å². The molecule has 3 heteroatoms. The molecule has 0 fully saturated rings. The highest BCUT2D eigenvalue weighted by Crippen LogP contribution is 2.29. The summed E-state index contributed by atoms with van der Waals surface area (Å²) >= 11 is 0. The highest BCUT2D eigenvalue weighted by molar-refractivity contribution is 5.74. The zero-order chi connectivity index (χ0) is 16.6. The lowest BCUT2D eigenvalue weighted by Gasteiger charge is -2.26. The second-order valence-corrected chi connectivity index (χ2v) is 6.49. The number of hydrogen-bond acceptors (Lipinski definition) is 1. The first-order chi connectivity index (χ1) is 11.8. The van der Waals surface area contributed by atoms with Gasteiger partial charge in [-0.1, -0.05) is 54.6 Å². The molecule has 24 heavy (non-hydrogen) atoms. The minimum atomic E-state index is -0.0450. The Bertz CT molecular complexity index is 654. The van der Waals surface area contributed by atoms with Crippen LogP contribution >= 0.6 is 0 Å². The fourth-order valence-corrected chi connectivity index (χ4v) is 3.41. The maximum absolute atomic E-state index is 12.1. The maximum Gasteiger partial charge on any atom is 0.315 e. The van der Waals surface area contributed by atoms with Crippen LogP contribution in [0.2, 0.25) is 0 Å². The zero-order valence-electron chi connectivity index (χ0n) is 14.1. The first-order valence-electron chi connectivity index (χ1n) is 8.99. The van der Waals surface area contributed by atoms with E-state index in [9.17, 15) is 4.79 Å². The van der Waals surface area contributed by atoms with Crippen molar-refractivity contribution in [3.63, 3.8) is 0 Å². The zero-order valence-corrected chi connectivity index (χ0v) is 14.1. The number of benzene rings is 2. The summed E-state index contributed by atoms with van der Waals surface area (Å²) in [6.45, 7) is 0.729. The monoisotopic (exact) mass is 322 g/mol. The summed E-state index contributed by atoms with van der Waals surface area (Å²) in [4.78, 5) is 12.1. The highest BCUT2D eigenvalue weighted by atomic mass is 16.2. The minimum absolute atomic E-state index is 0.0450. The lowest BCUT2D eigenvalue weighted by molar-refractivity contribution is 0.235. The number of nitrogens with one attached hydrogen (secondary N) is 2. The Balaban J connectivity index is 1.37. The van der Waals surface area contributed by atoms with Gasteiger partial charge in [0.15, 0.2) is 0 Å². The van der Waals surface area contributed by atoms with Crippen molar-refractivity contribution in [2.24, 2.45) is 0 Å². The number of carbonyl (C=O) groups excluding carboxylic acids is 1. The van der Waals surface area contributed by atoms with Gasteiger partial charge in [0, 0.05) is 6.54 Å². The van der Waals surface area contributed by atoms with Crippen LogP contribution in [0.25, 0.3) is 0 Å². The molecule has 1 unspecified atom stereocenters. The van der Waals surface area contributed by atoms with Gasteiger partial charge in [-0.2, -0.15) is 0 Å². The van der Waals surface area contributed by atoms with Crippen LogP contribution in [-0.2, 0) is 12.8 Å². The van der Waals surface area contributed by atoms with E-state index in [4.69, 9.17) is 0 Å². The van der Waals surface area contributed by atoms with Gasteiger partial charge in [-0.3, -0.25) is 0 Å². The average Bonchev–Trinajstić information content (AvgIpc) is 2.63. The van der Waals surface area contributed by atoms with Crippen LogP contribution in [0.1, 0.15) is 48.4 Å². The van der Waals surface area contributed by atoms with Gasteiger partial charge in [0.2, 0.25) is 0 Å². The molecule has 3 rings (SSSR count). The van der Waals surface area contributed by atoms with Crippen LogP contribution < -0.4 is 10.6 Å². The van der Waals surface area contributed by atoms with Crippen molar-refractivity contribution in [1.82, 2.24) is 10.6 Å². The van der Waals surface area contributed by atoms with Gasteiger partial charge in [-0.05, 0) is 55.2 Å². The topological polar surface area (TPSA) is 41.1 Å². The first-order valence-corrected chi connectivity index (χ1v) is 8.99. The summed E-state index contributed by atoms with van der Waals surface area (Å²) in [5.74, 6) is 0. The third-order valence-corrected chi connectivity index (χ3v) is 4.70. The number of urea groups is 1. The third-order valence-electron chi connectivity index (χ3n) is 4.70. The van der Waals surface area contributed by atoms with Crippen LogP contribution in [0, 0.1) is 0 Å². The van der Waals surface area contributed by atoms with Gasteiger partial charge in [0.25, 0.3) is 0 Å². The number of unbranched alkanes of at least 4 members (excludes halogenated alkanes) is 1. The molecular formula is C21H26N2O. The molecule has 2 aromatic carbocycles. The molecule has 0 heterocycles. The average molecular weight is 322 g/mol. The quantitative estimate of drug-likeness (QED) is 0.761. The minimum Gasteiger partial charge on any atom is -0.338 e. The molecule has 2 N–H and O–H groups in total. The van der Waals surface area contributed by atoms with E-state index in [1.165, 1.54) is 16.7 Å². The van der Waals surface area contributed by atoms with Gasteiger partial charge in [0.1, 0.15) is 0 Å². The van der Waals surface area contributed by atoms with Crippen molar-refractivity contribution in [2.75, 3.05) is 6.54 Å². The Kier molecular flexibility index (Phi) is 5.89. The van der Waals surface area contributed by atoms with Gasteiger partial charge < -0.3 is 10.6 Å². The molecule has 0 saturated carbocycles. The number of carbonyl (C=O) groups is 1. The maximum atomic E-state index is 12.1. The van der Waals surface area contributed by atoms with Crippen molar-refractivity contribution < 1.29 is 4.79 Å². The molecule has 3 nitrogen and oxygen atoms in total. The molecule has 0 aromatic heterocycles. The SMILES string of the molecule is O=C(NCCCCc1ccccc1)NC1CCCc2ccccc21. The Morgan fingerprint density at radius 2 is 1.79 bits per heavy atom. The van der Waals surface area contributed by atoms with E-state index in [-0.39, 0.29) is 12.1 Å². The number of hydrogen-bond donors (Lipinski definition) is 2. The molecule has 126 valence electrons. The van der Waals surface area contributed by atoms with Gasteiger partial charge in [-0.25, -0.2) is 4.79 Å². The van der Waals surface area contributed by atoms with Crippen LogP contribution in [0.5, 0.6) is 0 Å². The second-order valence-electron chi connectivity index (χ2n) is 6.49. The summed E-state index contributed by atoms with van der Waals surface area (Å²) in [6.07, 6.45) is 6.45. The van der Waals surface area contributed by atoms with E-state index < -0.39 is 0 Å². The van der Waals surface area contributed by atoms with Gasteiger partial charge in [-0.15, -0.1) is 0 Å². The smallest absolute Gasteiger partial charge is 0.315 e. The number of fused-ring (bicyclic) bond motifs is 1. The Morgan fingerprint density at radius 3 is 2.67 bits per heavy atom. The van der Waals surface area contributed by atoms with Crippen molar-refractivity contribution >= 4 is 6.03 Å². The molecule has 0 aliphatic heterocycles. The standard InChI is InChI=1S/C21H26N2O/c24-21(22-16-7-6-11-17-9-2-1-3-10-17)23-20-15-8-13-18-12-4-5-14-19(18)20/h1-5,9-10,12,14,20H,6-8,11,13,15-16H2,(H2,22,23,24). The molecule has 0 spiro atoms. The third kappa shape index (κ3) is 4.60. The molecule has 1 atom stereocenters. The highest BCUT2D eigenvalue weighted by Gasteiger charge is 2.20. The van der Waals surface area contributed by atoms with Crippen LogP contribution in [0.15, 0.2) is 54.6 Å². The first kappa shape index (κ1) is 16.6. The van der Waals surface area contributed by atoms with Crippen LogP contribution in [0.4, 0.5) is 4.79 Å². The number of amides is 2. The lowest BCUT2D eigenvalue weighted by Crippen LogP contribution is -2.39. The summed E-state index contributed by atoms with van der Waals surface area (Å²) < 4.78 is 0. The van der Waals surface area contributed by atoms with Crippen LogP contribution in [0.3, 0.4) is 0 Å². The predicted molar refractivity (Wildman–Crippen MR) is 98.0 cm³/mol. The molecule has 2 aromatic rings. The normalized spacial score (nSPS) is 16.2. The molecular weight excluding hydrogens is 296 g/mol. The number of rotatable bonds is 6.